The maximum Gasteiger partial charge on any atom is 0.412 e. The van der Waals surface area contributed by atoms with Gasteiger partial charge in [0.2, 0.25) is 5.91 Å². The Labute approximate surface area is 126 Å². The lowest BCUT2D eigenvalue weighted by molar-refractivity contribution is -0.129. The summed E-state index contributed by atoms with van der Waals surface area (Å²) >= 11 is 5.90. The number of alkyl halides is 1. The van der Waals surface area contributed by atoms with E-state index in [1.54, 1.807) is 32.7 Å². The van der Waals surface area contributed by atoms with E-state index in [-0.39, 0.29) is 23.4 Å². The Balaban J connectivity index is 3.15. The van der Waals surface area contributed by atoms with Crippen LogP contribution in [0, 0.1) is 5.41 Å². The summed E-state index contributed by atoms with van der Waals surface area (Å²) in [7, 11) is 1.70. The highest BCUT2D eigenvalue weighted by molar-refractivity contribution is 6.20. The Kier molecular flexibility index (Phi) is 4.64. The smallest absolute Gasteiger partial charge is 0.412 e. The van der Waals surface area contributed by atoms with Crippen LogP contribution in [0.2, 0.25) is 0 Å². The highest BCUT2D eigenvalue weighted by Crippen LogP contribution is 2.35. The van der Waals surface area contributed by atoms with E-state index in [4.69, 9.17) is 16.3 Å². The van der Waals surface area contributed by atoms with Crippen LogP contribution >= 0.6 is 11.6 Å². The highest BCUT2D eigenvalue weighted by Gasteiger charge is 2.52. The fourth-order valence-corrected chi connectivity index (χ4v) is 2.79. The van der Waals surface area contributed by atoms with Gasteiger partial charge in [0.05, 0.1) is 5.88 Å². The molecule has 1 saturated heterocycles. The van der Waals surface area contributed by atoms with Crippen LogP contribution in [0.15, 0.2) is 0 Å². The van der Waals surface area contributed by atoms with Crippen LogP contribution in [0.3, 0.4) is 0 Å². The molecule has 2 atom stereocenters. The Morgan fingerprint density at radius 3 is 2.10 bits per heavy atom. The van der Waals surface area contributed by atoms with Crippen LogP contribution in [0.25, 0.3) is 0 Å². The molecule has 2 unspecified atom stereocenters. The molecule has 1 aliphatic rings. The van der Waals surface area contributed by atoms with Crippen molar-refractivity contribution in [2.45, 2.75) is 59.4 Å². The van der Waals surface area contributed by atoms with Gasteiger partial charge in [0, 0.05) is 12.5 Å². The Morgan fingerprint density at radius 1 is 1.25 bits per heavy atom. The average Bonchev–Trinajstić information content (AvgIpc) is 2.48. The van der Waals surface area contributed by atoms with E-state index in [1.807, 2.05) is 20.8 Å². The quantitative estimate of drug-likeness (QED) is 0.700. The van der Waals surface area contributed by atoms with Gasteiger partial charge in [-0.2, -0.15) is 0 Å². The van der Waals surface area contributed by atoms with Crippen molar-refractivity contribution >= 4 is 23.6 Å². The summed E-state index contributed by atoms with van der Waals surface area (Å²) in [6.07, 6.45) is -0.866. The zero-order valence-corrected chi connectivity index (χ0v) is 14.1. The minimum atomic E-state index is -0.666. The lowest BCUT2D eigenvalue weighted by Crippen LogP contribution is -2.52. The largest absolute Gasteiger partial charge is 0.444 e. The normalized spacial score (nSPS) is 24.3. The second-order valence-corrected chi connectivity index (χ2v) is 7.56. The van der Waals surface area contributed by atoms with Crippen molar-refractivity contribution in [3.8, 4) is 0 Å². The molecule has 0 aromatic heterocycles. The standard InChI is InChI=1S/C14H25ClN2O3/c1-13(2,3)11-16(7)10(18)9(8-15)17(11)12(19)20-14(4,5)6/h9,11H,8H2,1-7H3. The molecule has 0 aromatic carbocycles. The third kappa shape index (κ3) is 3.37. The third-order valence-corrected chi connectivity index (χ3v) is 3.42. The molecule has 0 saturated carbocycles. The highest BCUT2D eigenvalue weighted by atomic mass is 35.5. The molecule has 0 aromatic rings. The number of carbonyl (C=O) groups is 2. The van der Waals surface area contributed by atoms with Gasteiger partial charge >= 0.3 is 6.09 Å². The van der Waals surface area contributed by atoms with Crippen molar-refractivity contribution in [2.75, 3.05) is 12.9 Å². The second kappa shape index (κ2) is 5.43. The SMILES string of the molecule is CN1C(=O)C(CCl)N(C(=O)OC(C)(C)C)C1C(C)(C)C. The Morgan fingerprint density at radius 2 is 1.75 bits per heavy atom. The summed E-state index contributed by atoms with van der Waals surface area (Å²) in [6, 6.07) is -0.666. The number of halogens is 1. The van der Waals surface area contributed by atoms with Gasteiger partial charge in [-0.25, -0.2) is 4.79 Å². The fraction of sp³-hybridized carbons (Fsp3) is 0.857. The molecule has 1 fully saturated rings. The monoisotopic (exact) mass is 304 g/mol. The zero-order chi connectivity index (χ0) is 15.9. The van der Waals surface area contributed by atoms with E-state index in [0.717, 1.165) is 0 Å². The van der Waals surface area contributed by atoms with Crippen LogP contribution in [0.4, 0.5) is 4.79 Å². The van der Waals surface area contributed by atoms with Crippen LogP contribution in [-0.2, 0) is 9.53 Å². The molecule has 1 heterocycles. The molecule has 0 aliphatic carbocycles. The molecule has 0 N–H and O–H groups in total. The molecule has 0 spiro atoms. The van der Waals surface area contributed by atoms with Crippen molar-refractivity contribution in [3.05, 3.63) is 0 Å². The van der Waals surface area contributed by atoms with Gasteiger partial charge in [0.15, 0.2) is 0 Å². The summed E-state index contributed by atoms with van der Waals surface area (Å²) in [5, 5.41) is 0. The first-order valence-corrected chi connectivity index (χ1v) is 7.27. The number of hydrogen-bond acceptors (Lipinski definition) is 3. The number of amides is 2. The molecule has 20 heavy (non-hydrogen) atoms. The van der Waals surface area contributed by atoms with Crippen molar-refractivity contribution < 1.29 is 14.3 Å². The van der Waals surface area contributed by atoms with E-state index >= 15 is 0 Å². The molecule has 116 valence electrons. The van der Waals surface area contributed by atoms with E-state index < -0.39 is 17.7 Å². The summed E-state index contributed by atoms with van der Waals surface area (Å²) in [5.74, 6) is -0.0829. The van der Waals surface area contributed by atoms with Crippen LogP contribution in [0.5, 0.6) is 0 Å². The van der Waals surface area contributed by atoms with Crippen LogP contribution in [0.1, 0.15) is 41.5 Å². The lowest BCUT2D eigenvalue weighted by Gasteiger charge is -2.39. The average molecular weight is 305 g/mol. The first-order chi connectivity index (χ1) is 8.90. The number of likely N-dealkylation sites (N-methyl/N-ethyl adjacent to an activating group) is 1. The van der Waals surface area contributed by atoms with Crippen molar-refractivity contribution in [3.63, 3.8) is 0 Å². The van der Waals surface area contributed by atoms with Crippen molar-refractivity contribution in [2.24, 2.45) is 5.41 Å². The summed E-state index contributed by atoms with van der Waals surface area (Å²) in [4.78, 5) is 27.8. The van der Waals surface area contributed by atoms with Gasteiger partial charge in [-0.05, 0) is 20.8 Å². The second-order valence-electron chi connectivity index (χ2n) is 7.25. The van der Waals surface area contributed by atoms with E-state index in [0.29, 0.717) is 0 Å². The van der Waals surface area contributed by atoms with Gasteiger partial charge in [0.25, 0.3) is 0 Å². The molecular formula is C14H25ClN2O3. The Bertz CT molecular complexity index is 398. The van der Waals surface area contributed by atoms with Gasteiger partial charge in [-0.15, -0.1) is 11.6 Å². The lowest BCUT2D eigenvalue weighted by atomic mass is 9.91. The number of ether oxygens (including phenoxy) is 1. The zero-order valence-electron chi connectivity index (χ0n) is 13.4. The number of rotatable bonds is 1. The molecule has 1 aliphatic heterocycles. The minimum absolute atomic E-state index is 0.0645. The molecule has 0 bridgehead atoms. The predicted octanol–water partition coefficient (Wildman–Crippen LogP) is 2.68. The van der Waals surface area contributed by atoms with Crippen molar-refractivity contribution in [1.29, 1.82) is 0 Å². The maximum absolute atomic E-state index is 12.4. The van der Waals surface area contributed by atoms with Crippen LogP contribution < -0.4 is 0 Å². The minimum Gasteiger partial charge on any atom is -0.444 e. The fourth-order valence-electron chi connectivity index (χ4n) is 2.51. The molecule has 5 nitrogen and oxygen atoms in total. The number of hydrogen-bond donors (Lipinski definition) is 0. The molecular weight excluding hydrogens is 280 g/mol. The molecule has 6 heteroatoms. The number of nitrogens with zero attached hydrogens (tertiary/aromatic N) is 2. The summed E-state index contributed by atoms with van der Waals surface area (Å²) in [5.41, 5.74) is -0.900. The van der Waals surface area contributed by atoms with E-state index in [9.17, 15) is 9.59 Å². The Hall–Kier alpha value is -0.970. The summed E-state index contributed by atoms with van der Waals surface area (Å²) in [6.45, 7) is 11.3. The maximum atomic E-state index is 12.4. The first kappa shape index (κ1) is 17.1. The molecule has 2 amide bonds. The third-order valence-electron chi connectivity index (χ3n) is 3.12. The molecule has 0 radical (unpaired) electrons. The number of carbonyl (C=O) groups excluding carboxylic acids is 2. The topological polar surface area (TPSA) is 49.9 Å². The van der Waals surface area contributed by atoms with Crippen molar-refractivity contribution in [1.82, 2.24) is 9.80 Å². The predicted molar refractivity (Wildman–Crippen MR) is 78.6 cm³/mol. The molecule has 1 rings (SSSR count). The van der Waals surface area contributed by atoms with E-state index in [2.05, 4.69) is 0 Å². The van der Waals surface area contributed by atoms with Gasteiger partial charge in [-0.3, -0.25) is 9.69 Å². The summed E-state index contributed by atoms with van der Waals surface area (Å²) < 4.78 is 5.43. The van der Waals surface area contributed by atoms with Gasteiger partial charge in [-0.1, -0.05) is 20.8 Å². The van der Waals surface area contributed by atoms with Gasteiger partial charge < -0.3 is 9.64 Å². The van der Waals surface area contributed by atoms with E-state index in [1.165, 1.54) is 4.90 Å². The first-order valence-electron chi connectivity index (χ1n) is 6.74. The van der Waals surface area contributed by atoms with Crippen LogP contribution in [-0.4, -0.2) is 52.5 Å². The van der Waals surface area contributed by atoms with Gasteiger partial charge in [0.1, 0.15) is 17.8 Å².